The van der Waals surface area contributed by atoms with Gasteiger partial charge < -0.3 is 15.0 Å². The zero-order chi connectivity index (χ0) is 28.4. The Bertz CT molecular complexity index is 1550. The molecule has 1 aromatic carbocycles. The first-order chi connectivity index (χ1) is 19.1. The molecule has 0 unspecified atom stereocenters. The van der Waals surface area contributed by atoms with Crippen LogP contribution in [0.1, 0.15) is 29.8 Å². The van der Waals surface area contributed by atoms with Crippen molar-refractivity contribution in [3.63, 3.8) is 0 Å². The maximum atomic E-state index is 14.7. The average Bonchev–Trinajstić information content (AvgIpc) is 3.37. The van der Waals surface area contributed by atoms with Gasteiger partial charge in [0, 0.05) is 42.7 Å². The van der Waals surface area contributed by atoms with Gasteiger partial charge in [-0.05, 0) is 49.7 Å². The lowest BCUT2D eigenvalue weighted by molar-refractivity contribution is -0.125. The SMILES string of the molecule is Cc1nc(-c2ccc(Oc3ccc(NC(=O)[C@H](C)N4CCC(F)(F)[C@@H](c5ccc(=O)[nH]c5)C4)nc3)c(F)c2)cs1. The van der Waals surface area contributed by atoms with Gasteiger partial charge in [-0.1, -0.05) is 6.07 Å². The Kier molecular flexibility index (Phi) is 7.72. The number of aryl methyl sites for hydroxylation is 1. The standard InChI is InChI=1S/C28H26F3N5O3S/c1-16(36-10-9-28(30,31)21(14-36)19-4-8-26(37)33-12-19)27(38)35-25-7-5-20(13-32-25)39-24-6-3-18(11-22(24)29)23-15-40-17(2)34-23/h3-8,11-13,15-16,21H,9-10,14H2,1-2H3,(H,33,37)(H,32,35,38)/t16-,21+/m0/s1. The van der Waals surface area contributed by atoms with Gasteiger partial charge in [0.1, 0.15) is 11.6 Å². The van der Waals surface area contributed by atoms with E-state index in [1.807, 2.05) is 12.3 Å². The number of nitrogens with one attached hydrogen (secondary N) is 2. The van der Waals surface area contributed by atoms with E-state index in [0.29, 0.717) is 16.8 Å². The van der Waals surface area contributed by atoms with Crippen LogP contribution in [0.2, 0.25) is 0 Å². The van der Waals surface area contributed by atoms with Crippen LogP contribution in [0, 0.1) is 12.7 Å². The molecule has 4 aromatic rings. The molecule has 0 aliphatic carbocycles. The van der Waals surface area contributed by atoms with Crippen molar-refractivity contribution < 1.29 is 22.7 Å². The zero-order valence-corrected chi connectivity index (χ0v) is 22.5. The second kappa shape index (κ2) is 11.2. The van der Waals surface area contributed by atoms with E-state index in [0.717, 1.165) is 5.01 Å². The van der Waals surface area contributed by atoms with E-state index >= 15 is 0 Å². The van der Waals surface area contributed by atoms with E-state index < -0.39 is 36.0 Å². The summed E-state index contributed by atoms with van der Waals surface area (Å²) in [5, 5.41) is 5.43. The largest absolute Gasteiger partial charge is 0.453 e. The van der Waals surface area contributed by atoms with Crippen LogP contribution in [0.3, 0.4) is 0 Å². The topological polar surface area (TPSA) is 100 Å². The monoisotopic (exact) mass is 569 g/mol. The summed E-state index contributed by atoms with van der Waals surface area (Å²) in [6.07, 6.45) is 2.23. The number of halogens is 3. The number of benzene rings is 1. The molecule has 5 rings (SSSR count). The number of rotatable bonds is 7. The van der Waals surface area contributed by atoms with Crippen LogP contribution in [-0.2, 0) is 4.79 Å². The minimum Gasteiger partial charge on any atom is -0.453 e. The van der Waals surface area contributed by atoms with Crippen LogP contribution in [0.4, 0.5) is 19.0 Å². The Balaban J connectivity index is 1.20. The number of piperidine rings is 1. The molecular weight excluding hydrogens is 543 g/mol. The highest BCUT2D eigenvalue weighted by atomic mass is 32.1. The lowest BCUT2D eigenvalue weighted by atomic mass is 9.87. The van der Waals surface area contributed by atoms with Gasteiger partial charge in [0.05, 0.1) is 28.9 Å². The molecule has 1 aliphatic rings. The minimum absolute atomic E-state index is 0.0156. The van der Waals surface area contributed by atoms with Crippen molar-refractivity contribution in [2.75, 3.05) is 18.4 Å². The van der Waals surface area contributed by atoms with Crippen molar-refractivity contribution in [2.24, 2.45) is 0 Å². The fourth-order valence-electron chi connectivity index (χ4n) is 4.54. The smallest absolute Gasteiger partial charge is 0.257 e. The fraction of sp³-hybridized carbons (Fsp3) is 0.286. The fourth-order valence-corrected chi connectivity index (χ4v) is 5.17. The van der Waals surface area contributed by atoms with Crippen LogP contribution in [0.15, 0.2) is 65.0 Å². The molecule has 1 saturated heterocycles. The van der Waals surface area contributed by atoms with Gasteiger partial charge >= 0.3 is 0 Å². The second-order valence-electron chi connectivity index (χ2n) is 9.59. The summed E-state index contributed by atoms with van der Waals surface area (Å²) in [6, 6.07) is 9.52. The van der Waals surface area contributed by atoms with Crippen molar-refractivity contribution in [3.05, 3.63) is 87.0 Å². The molecule has 0 spiro atoms. The lowest BCUT2D eigenvalue weighted by Crippen LogP contribution is -2.52. The number of H-pyrrole nitrogens is 1. The molecule has 4 heterocycles. The summed E-state index contributed by atoms with van der Waals surface area (Å²) >= 11 is 1.48. The quantitative estimate of drug-likeness (QED) is 0.301. The second-order valence-corrected chi connectivity index (χ2v) is 10.7. The third-order valence-electron chi connectivity index (χ3n) is 6.86. The highest BCUT2D eigenvalue weighted by Gasteiger charge is 2.46. The molecule has 2 atom stereocenters. The highest BCUT2D eigenvalue weighted by Crippen LogP contribution is 2.40. The van der Waals surface area contributed by atoms with Crippen molar-refractivity contribution in [3.8, 4) is 22.8 Å². The van der Waals surface area contributed by atoms with Crippen molar-refractivity contribution >= 4 is 23.1 Å². The van der Waals surface area contributed by atoms with Gasteiger partial charge in [-0.3, -0.25) is 14.5 Å². The molecule has 2 N–H and O–H groups in total. The number of hydrogen-bond acceptors (Lipinski definition) is 7. The van der Waals surface area contributed by atoms with Gasteiger partial charge in [0.15, 0.2) is 11.6 Å². The van der Waals surface area contributed by atoms with Crippen LogP contribution in [-0.4, -0.2) is 50.8 Å². The van der Waals surface area contributed by atoms with Gasteiger partial charge in [0.2, 0.25) is 11.5 Å². The van der Waals surface area contributed by atoms with E-state index in [-0.39, 0.29) is 36.0 Å². The average molecular weight is 570 g/mol. The molecule has 1 amide bonds. The Morgan fingerprint density at radius 3 is 2.73 bits per heavy atom. The molecule has 0 radical (unpaired) electrons. The van der Waals surface area contributed by atoms with Crippen LogP contribution >= 0.6 is 11.3 Å². The molecule has 0 saturated carbocycles. The highest BCUT2D eigenvalue weighted by molar-refractivity contribution is 7.09. The van der Waals surface area contributed by atoms with E-state index in [2.05, 4.69) is 20.3 Å². The van der Waals surface area contributed by atoms with Crippen molar-refractivity contribution in [2.45, 2.75) is 38.2 Å². The lowest BCUT2D eigenvalue weighted by Gasteiger charge is -2.40. The first kappa shape index (κ1) is 27.5. The number of anilines is 1. The molecular formula is C28H26F3N5O3S. The number of alkyl halides is 2. The number of nitrogens with zero attached hydrogens (tertiary/aromatic N) is 3. The summed E-state index contributed by atoms with van der Waals surface area (Å²) < 4.78 is 49.7. The number of hydrogen-bond donors (Lipinski definition) is 2. The van der Waals surface area contributed by atoms with Gasteiger partial charge in [-0.15, -0.1) is 11.3 Å². The summed E-state index contributed by atoms with van der Waals surface area (Å²) in [6.45, 7) is 3.50. The molecule has 1 aliphatic heterocycles. The van der Waals surface area contributed by atoms with Crippen molar-refractivity contribution in [1.82, 2.24) is 19.9 Å². The molecule has 3 aromatic heterocycles. The zero-order valence-electron chi connectivity index (χ0n) is 21.7. The summed E-state index contributed by atoms with van der Waals surface area (Å²) in [7, 11) is 0. The number of pyridine rings is 2. The van der Waals surface area contributed by atoms with E-state index in [1.54, 1.807) is 17.9 Å². The number of thiazole rings is 1. The maximum absolute atomic E-state index is 14.7. The Morgan fingerprint density at radius 1 is 1.25 bits per heavy atom. The first-order valence-electron chi connectivity index (χ1n) is 12.6. The Labute approximate surface area is 231 Å². The molecule has 1 fully saturated rings. The molecule has 0 bridgehead atoms. The number of ether oxygens (including phenoxy) is 1. The molecule has 8 nitrogen and oxygen atoms in total. The number of aromatic amines is 1. The summed E-state index contributed by atoms with van der Waals surface area (Å²) in [4.78, 5) is 36.9. The van der Waals surface area contributed by atoms with Crippen LogP contribution in [0.25, 0.3) is 11.3 Å². The molecule has 12 heteroatoms. The van der Waals surface area contributed by atoms with Crippen LogP contribution in [0.5, 0.6) is 11.5 Å². The van der Waals surface area contributed by atoms with Gasteiger partial charge in [-0.25, -0.2) is 23.1 Å². The summed E-state index contributed by atoms with van der Waals surface area (Å²) in [5.74, 6) is -4.58. The van der Waals surface area contributed by atoms with E-state index in [9.17, 15) is 22.8 Å². The third kappa shape index (κ3) is 6.07. The molecule has 40 heavy (non-hydrogen) atoms. The van der Waals surface area contributed by atoms with E-state index in [4.69, 9.17) is 4.74 Å². The maximum Gasteiger partial charge on any atom is 0.257 e. The Morgan fingerprint density at radius 2 is 2.08 bits per heavy atom. The predicted octanol–water partition coefficient (Wildman–Crippen LogP) is 5.59. The number of carbonyl (C=O) groups is 1. The number of amides is 1. The van der Waals surface area contributed by atoms with Gasteiger partial charge in [0.25, 0.3) is 5.92 Å². The first-order valence-corrected chi connectivity index (χ1v) is 13.4. The number of likely N-dealkylation sites (tertiary alicyclic amines) is 1. The van der Waals surface area contributed by atoms with Crippen molar-refractivity contribution in [1.29, 1.82) is 0 Å². The van der Waals surface area contributed by atoms with Crippen LogP contribution < -0.4 is 15.6 Å². The summed E-state index contributed by atoms with van der Waals surface area (Å²) in [5.41, 5.74) is 1.26. The third-order valence-corrected chi connectivity index (χ3v) is 7.63. The minimum atomic E-state index is -2.97. The number of carbonyl (C=O) groups excluding carboxylic acids is 1. The van der Waals surface area contributed by atoms with Gasteiger partial charge in [-0.2, -0.15) is 0 Å². The normalized spacial score (nSPS) is 17.8. The molecule has 208 valence electrons. The predicted molar refractivity (Wildman–Crippen MR) is 146 cm³/mol. The Hall–Kier alpha value is -4.03. The van der Waals surface area contributed by atoms with E-state index in [1.165, 1.54) is 60.1 Å². The number of aromatic nitrogens is 3.